The first kappa shape index (κ1) is 23.3. The van der Waals surface area contributed by atoms with E-state index in [0.717, 1.165) is 29.8 Å². The van der Waals surface area contributed by atoms with Crippen LogP contribution in [0.15, 0.2) is 60.7 Å². The van der Waals surface area contributed by atoms with E-state index in [0.29, 0.717) is 37.9 Å². The van der Waals surface area contributed by atoms with Gasteiger partial charge in [-0.1, -0.05) is 50.2 Å². The molecule has 7 nitrogen and oxygen atoms in total. The molecule has 170 valence electrons. The zero-order valence-electron chi connectivity index (χ0n) is 19.1. The molecule has 3 aromatic rings. The number of nitrogens with one attached hydrogen (secondary N) is 1. The number of hydrogen-bond donors (Lipinski definition) is 1. The molecule has 1 aromatic heterocycles. The predicted molar refractivity (Wildman–Crippen MR) is 125 cm³/mol. The monoisotopic (exact) mass is 436 g/mol. The zero-order valence-corrected chi connectivity index (χ0v) is 19.1. The van der Waals surface area contributed by atoms with Gasteiger partial charge in [0.1, 0.15) is 5.75 Å². The summed E-state index contributed by atoms with van der Waals surface area (Å²) < 4.78 is 13.4. The fourth-order valence-corrected chi connectivity index (χ4v) is 3.36. The second-order valence-corrected chi connectivity index (χ2v) is 7.39. The number of carbonyl (C=O) groups excluding carboxylic acids is 1. The van der Waals surface area contributed by atoms with Gasteiger partial charge in [0.25, 0.3) is 0 Å². The van der Waals surface area contributed by atoms with Crippen LogP contribution in [0.25, 0.3) is 5.69 Å². The van der Waals surface area contributed by atoms with Crippen molar-refractivity contribution in [3.05, 3.63) is 71.9 Å². The molecular formula is C25H32N4O3. The molecule has 2 aromatic carbocycles. The lowest BCUT2D eigenvalue weighted by atomic mass is 10.2. The largest absolute Gasteiger partial charge is 0.439 e. The molecule has 0 radical (unpaired) electrons. The molecule has 7 heteroatoms. The summed E-state index contributed by atoms with van der Waals surface area (Å²) in [5, 5.41) is 7.82. The smallest absolute Gasteiger partial charge is 0.317 e. The first-order valence-corrected chi connectivity index (χ1v) is 11.1. The van der Waals surface area contributed by atoms with Crippen molar-refractivity contribution in [2.75, 3.05) is 26.8 Å². The van der Waals surface area contributed by atoms with Gasteiger partial charge in [-0.05, 0) is 37.1 Å². The molecule has 0 fully saturated rings. The van der Waals surface area contributed by atoms with Crippen molar-refractivity contribution in [1.29, 1.82) is 0 Å². The van der Waals surface area contributed by atoms with Crippen molar-refractivity contribution >= 4 is 6.03 Å². The lowest BCUT2D eigenvalue weighted by Gasteiger charge is -2.23. The maximum Gasteiger partial charge on any atom is 0.317 e. The van der Waals surface area contributed by atoms with Gasteiger partial charge in [-0.25, -0.2) is 9.48 Å². The van der Waals surface area contributed by atoms with E-state index in [1.54, 1.807) is 12.0 Å². The third-order valence-electron chi connectivity index (χ3n) is 5.04. The minimum atomic E-state index is -0.121. The molecule has 1 heterocycles. The van der Waals surface area contributed by atoms with Crippen molar-refractivity contribution in [2.45, 2.75) is 33.2 Å². The number of methoxy groups -OCH3 is 1. The van der Waals surface area contributed by atoms with Crippen molar-refractivity contribution < 1.29 is 14.3 Å². The van der Waals surface area contributed by atoms with Crippen LogP contribution in [-0.2, 0) is 17.7 Å². The summed E-state index contributed by atoms with van der Waals surface area (Å²) in [6.45, 7) is 6.00. The number of nitrogens with zero attached hydrogens (tertiary/aromatic N) is 3. The molecule has 0 bridgehead atoms. The topological polar surface area (TPSA) is 68.6 Å². The fraction of sp³-hybridized carbons (Fsp3) is 0.360. The third kappa shape index (κ3) is 5.88. The Hall–Kier alpha value is -3.32. The molecule has 1 N–H and O–H groups in total. The second-order valence-electron chi connectivity index (χ2n) is 7.39. The Balaban J connectivity index is 2.03. The molecule has 0 atom stereocenters. The number of ether oxygens (including phenoxy) is 2. The number of amides is 2. The van der Waals surface area contributed by atoms with Crippen LogP contribution in [0.5, 0.6) is 11.6 Å². The number of urea groups is 1. The van der Waals surface area contributed by atoms with E-state index in [1.165, 1.54) is 0 Å². The van der Waals surface area contributed by atoms with Gasteiger partial charge in [-0.2, -0.15) is 5.10 Å². The zero-order chi connectivity index (χ0) is 22.8. The summed E-state index contributed by atoms with van der Waals surface area (Å²) in [7, 11) is 1.64. The highest BCUT2D eigenvalue weighted by atomic mass is 16.5. The van der Waals surface area contributed by atoms with E-state index in [2.05, 4.69) is 12.2 Å². The van der Waals surface area contributed by atoms with Gasteiger partial charge in [-0.15, -0.1) is 0 Å². The Labute approximate surface area is 190 Å². The molecule has 0 spiro atoms. The molecule has 0 aliphatic carbocycles. The van der Waals surface area contributed by atoms with Crippen LogP contribution in [0.1, 0.15) is 31.5 Å². The Morgan fingerprint density at radius 2 is 1.75 bits per heavy atom. The van der Waals surface area contributed by atoms with Crippen molar-refractivity contribution in [1.82, 2.24) is 20.0 Å². The number of aryl methyl sites for hydroxylation is 1. The summed E-state index contributed by atoms with van der Waals surface area (Å²) in [6.07, 6.45) is 1.59. The molecule has 0 aliphatic heterocycles. The molecular weight excluding hydrogens is 404 g/mol. The van der Waals surface area contributed by atoms with Crippen LogP contribution in [0, 0.1) is 0 Å². The molecule has 3 rings (SSSR count). The van der Waals surface area contributed by atoms with Crippen LogP contribution in [0.2, 0.25) is 0 Å². The van der Waals surface area contributed by atoms with Crippen molar-refractivity contribution in [2.24, 2.45) is 0 Å². The number of hydrogen-bond acceptors (Lipinski definition) is 4. The highest BCUT2D eigenvalue weighted by Gasteiger charge is 2.24. The molecule has 32 heavy (non-hydrogen) atoms. The predicted octanol–water partition coefficient (Wildman–Crippen LogP) is 4.80. The fourth-order valence-electron chi connectivity index (χ4n) is 3.36. The van der Waals surface area contributed by atoms with Gasteiger partial charge in [0.05, 0.1) is 30.1 Å². The Morgan fingerprint density at radius 1 is 1.06 bits per heavy atom. The van der Waals surface area contributed by atoms with Crippen LogP contribution >= 0.6 is 0 Å². The molecule has 0 unspecified atom stereocenters. The second kappa shape index (κ2) is 11.9. The molecule has 0 saturated carbocycles. The average Bonchev–Trinajstić information content (AvgIpc) is 3.18. The molecule has 2 amide bonds. The van der Waals surface area contributed by atoms with Gasteiger partial charge < -0.3 is 19.7 Å². The summed E-state index contributed by atoms with van der Waals surface area (Å²) in [5.74, 6) is 1.33. The Bertz CT molecular complexity index is 974. The van der Waals surface area contributed by atoms with Crippen molar-refractivity contribution in [3.8, 4) is 17.3 Å². The number of para-hydroxylation sites is 2. The van der Waals surface area contributed by atoms with Gasteiger partial charge in [-0.3, -0.25) is 0 Å². The maximum atomic E-state index is 12.8. The number of rotatable bonds is 11. The standard InChI is InChI=1S/C25H32N4O3/c1-4-16-26-25(30)28(17-18-31-3)19-22-23(5-2)27-29(20-12-8-6-9-13-20)24(22)32-21-14-10-7-11-15-21/h6-15H,4-5,16-19H2,1-3H3,(H,26,30). The minimum Gasteiger partial charge on any atom is -0.439 e. The summed E-state index contributed by atoms with van der Waals surface area (Å²) in [6, 6.07) is 19.4. The normalized spacial score (nSPS) is 10.7. The van der Waals surface area contributed by atoms with E-state index in [1.807, 2.05) is 72.3 Å². The SMILES string of the molecule is CCCNC(=O)N(CCOC)Cc1c(CC)nn(-c2ccccc2)c1Oc1ccccc1. The quantitative estimate of drug-likeness (QED) is 0.469. The Morgan fingerprint density at radius 3 is 2.38 bits per heavy atom. The van der Waals surface area contributed by atoms with E-state index < -0.39 is 0 Å². The molecule has 0 saturated heterocycles. The number of carbonyl (C=O) groups is 1. The number of benzene rings is 2. The van der Waals surface area contributed by atoms with Crippen LogP contribution in [0.3, 0.4) is 0 Å². The highest BCUT2D eigenvalue weighted by molar-refractivity contribution is 5.74. The number of aromatic nitrogens is 2. The first-order chi connectivity index (χ1) is 15.7. The van der Waals surface area contributed by atoms with Gasteiger partial charge in [0.15, 0.2) is 0 Å². The van der Waals surface area contributed by atoms with Crippen LogP contribution < -0.4 is 10.1 Å². The third-order valence-corrected chi connectivity index (χ3v) is 5.04. The van der Waals surface area contributed by atoms with Crippen LogP contribution in [0.4, 0.5) is 4.79 Å². The van der Waals surface area contributed by atoms with E-state index >= 15 is 0 Å². The van der Waals surface area contributed by atoms with Gasteiger partial charge in [0.2, 0.25) is 5.88 Å². The van der Waals surface area contributed by atoms with Gasteiger partial charge >= 0.3 is 6.03 Å². The van der Waals surface area contributed by atoms with Gasteiger partial charge in [0, 0.05) is 20.2 Å². The first-order valence-electron chi connectivity index (χ1n) is 11.1. The lowest BCUT2D eigenvalue weighted by Crippen LogP contribution is -2.41. The Kier molecular flexibility index (Phi) is 8.69. The summed E-state index contributed by atoms with van der Waals surface area (Å²) >= 11 is 0. The van der Waals surface area contributed by atoms with E-state index in [4.69, 9.17) is 14.6 Å². The van der Waals surface area contributed by atoms with Crippen molar-refractivity contribution in [3.63, 3.8) is 0 Å². The molecule has 0 aliphatic rings. The minimum absolute atomic E-state index is 0.121. The van der Waals surface area contributed by atoms with E-state index in [-0.39, 0.29) is 6.03 Å². The average molecular weight is 437 g/mol. The van der Waals surface area contributed by atoms with E-state index in [9.17, 15) is 4.79 Å². The maximum absolute atomic E-state index is 12.8. The van der Waals surface area contributed by atoms with Crippen LogP contribution in [-0.4, -0.2) is 47.5 Å². The lowest BCUT2D eigenvalue weighted by molar-refractivity contribution is 0.146. The summed E-state index contributed by atoms with van der Waals surface area (Å²) in [5.41, 5.74) is 2.69. The summed E-state index contributed by atoms with van der Waals surface area (Å²) in [4.78, 5) is 14.6. The highest BCUT2D eigenvalue weighted by Crippen LogP contribution is 2.32.